The van der Waals surface area contributed by atoms with Gasteiger partial charge in [0.2, 0.25) is 0 Å². The molecule has 0 bridgehead atoms. The third-order valence-electron chi connectivity index (χ3n) is 1.42. The van der Waals surface area contributed by atoms with Gasteiger partial charge in [-0.2, -0.15) is 0 Å². The van der Waals surface area contributed by atoms with Crippen LogP contribution >= 0.6 is 0 Å². The number of hydrogen-bond acceptors (Lipinski definition) is 3. The lowest BCUT2D eigenvalue weighted by atomic mass is 10.2. The summed E-state index contributed by atoms with van der Waals surface area (Å²) in [6, 6.07) is 0. The van der Waals surface area contributed by atoms with Crippen molar-refractivity contribution in [1.29, 1.82) is 0 Å². The fourth-order valence-corrected chi connectivity index (χ4v) is 0.827. The van der Waals surface area contributed by atoms with Crippen LogP contribution in [0.4, 0.5) is 0 Å². The van der Waals surface area contributed by atoms with Crippen molar-refractivity contribution in [2.45, 2.75) is 20.8 Å². The maximum absolute atomic E-state index is 4.26. The Labute approximate surface area is 81.4 Å². The summed E-state index contributed by atoms with van der Waals surface area (Å²) in [5, 5.41) is 3.27. The lowest BCUT2D eigenvalue weighted by Crippen LogP contribution is -2.20. The van der Waals surface area contributed by atoms with Gasteiger partial charge in [-0.05, 0) is 19.1 Å². The first-order valence-corrected chi connectivity index (χ1v) is 4.92. The normalized spacial score (nSPS) is 12.3. The lowest BCUT2D eigenvalue weighted by Gasteiger charge is -1.99. The fraction of sp³-hybridized carbons (Fsp3) is 0.800. The fourth-order valence-electron chi connectivity index (χ4n) is 0.827. The van der Waals surface area contributed by atoms with Gasteiger partial charge >= 0.3 is 0 Å². The van der Waals surface area contributed by atoms with E-state index in [0.717, 1.165) is 26.2 Å². The number of nitrogens with zero attached hydrogens (tertiary/aromatic N) is 2. The van der Waals surface area contributed by atoms with E-state index in [1.165, 1.54) is 0 Å². The van der Waals surface area contributed by atoms with E-state index < -0.39 is 0 Å². The van der Waals surface area contributed by atoms with E-state index in [0.29, 0.717) is 5.92 Å². The highest BCUT2D eigenvalue weighted by Crippen LogP contribution is 1.83. The molecular weight excluding hydrogens is 162 g/mol. The second kappa shape index (κ2) is 9.39. The van der Waals surface area contributed by atoms with Gasteiger partial charge in [-0.3, -0.25) is 9.98 Å². The van der Waals surface area contributed by atoms with Crippen molar-refractivity contribution in [2.24, 2.45) is 15.9 Å². The molecule has 0 amide bonds. The summed E-state index contributed by atoms with van der Waals surface area (Å²) >= 11 is 0. The Kier molecular flexibility index (Phi) is 8.88. The molecular formula is C10H21N3. The second-order valence-corrected chi connectivity index (χ2v) is 3.21. The standard InChI is InChI=1S/C10H21N3/c1-4-11-5-6-12-7-8-13-9-10(2)3/h4,9-10,12H,5-8H2,1-3H3. The van der Waals surface area contributed by atoms with E-state index in [1.807, 2.05) is 19.4 Å². The summed E-state index contributed by atoms with van der Waals surface area (Å²) in [5.74, 6) is 0.560. The van der Waals surface area contributed by atoms with Gasteiger partial charge in [0.25, 0.3) is 0 Å². The van der Waals surface area contributed by atoms with Gasteiger partial charge < -0.3 is 5.32 Å². The van der Waals surface area contributed by atoms with Crippen LogP contribution in [0.3, 0.4) is 0 Å². The molecule has 76 valence electrons. The molecule has 0 heterocycles. The molecule has 0 aromatic carbocycles. The summed E-state index contributed by atoms with van der Waals surface area (Å²) in [6.07, 6.45) is 3.82. The van der Waals surface area contributed by atoms with Crippen molar-refractivity contribution in [3.63, 3.8) is 0 Å². The van der Waals surface area contributed by atoms with Crippen molar-refractivity contribution >= 4 is 12.4 Å². The maximum atomic E-state index is 4.26. The predicted molar refractivity (Wildman–Crippen MR) is 60.1 cm³/mol. The molecule has 0 aliphatic carbocycles. The summed E-state index contributed by atoms with van der Waals surface area (Å²) in [4.78, 5) is 8.35. The first kappa shape index (κ1) is 12.3. The Morgan fingerprint density at radius 2 is 1.77 bits per heavy atom. The van der Waals surface area contributed by atoms with Crippen molar-refractivity contribution in [3.8, 4) is 0 Å². The van der Waals surface area contributed by atoms with E-state index in [4.69, 9.17) is 0 Å². The summed E-state index contributed by atoms with van der Waals surface area (Å²) in [7, 11) is 0. The third kappa shape index (κ3) is 11.3. The average Bonchev–Trinajstić information content (AvgIpc) is 2.09. The van der Waals surface area contributed by atoms with Gasteiger partial charge in [-0.1, -0.05) is 13.8 Å². The van der Waals surface area contributed by atoms with Crippen molar-refractivity contribution in [2.75, 3.05) is 26.2 Å². The topological polar surface area (TPSA) is 36.8 Å². The Morgan fingerprint density at radius 3 is 2.31 bits per heavy atom. The van der Waals surface area contributed by atoms with Gasteiger partial charge in [0.15, 0.2) is 0 Å². The average molecular weight is 183 g/mol. The van der Waals surface area contributed by atoms with Crippen LogP contribution in [0.15, 0.2) is 9.98 Å². The molecule has 13 heavy (non-hydrogen) atoms. The quantitative estimate of drug-likeness (QED) is 0.470. The molecule has 0 aromatic heterocycles. The minimum absolute atomic E-state index is 0.560. The van der Waals surface area contributed by atoms with E-state index in [2.05, 4.69) is 29.1 Å². The van der Waals surface area contributed by atoms with Crippen LogP contribution in [0.25, 0.3) is 0 Å². The smallest absolute Gasteiger partial charge is 0.0510 e. The molecule has 0 unspecified atom stereocenters. The van der Waals surface area contributed by atoms with Crippen LogP contribution in [0.1, 0.15) is 20.8 Å². The van der Waals surface area contributed by atoms with Crippen LogP contribution in [-0.4, -0.2) is 38.6 Å². The summed E-state index contributed by atoms with van der Waals surface area (Å²) < 4.78 is 0. The maximum Gasteiger partial charge on any atom is 0.0510 e. The Bertz CT molecular complexity index is 150. The number of aliphatic imine (C=N–C) groups is 2. The molecule has 3 heteroatoms. The molecule has 0 radical (unpaired) electrons. The largest absolute Gasteiger partial charge is 0.313 e. The van der Waals surface area contributed by atoms with Crippen LogP contribution in [0.2, 0.25) is 0 Å². The SMILES string of the molecule is CC=NCCNCCN=CC(C)C. The van der Waals surface area contributed by atoms with Crippen molar-refractivity contribution in [1.82, 2.24) is 5.32 Å². The zero-order valence-electron chi connectivity index (χ0n) is 8.95. The van der Waals surface area contributed by atoms with Gasteiger partial charge in [0, 0.05) is 19.3 Å². The van der Waals surface area contributed by atoms with Gasteiger partial charge in [0.05, 0.1) is 13.1 Å². The third-order valence-corrected chi connectivity index (χ3v) is 1.42. The zero-order chi connectivity index (χ0) is 9.94. The molecule has 0 rings (SSSR count). The number of rotatable bonds is 7. The van der Waals surface area contributed by atoms with Gasteiger partial charge in [-0.25, -0.2) is 0 Å². The Hall–Kier alpha value is -0.700. The zero-order valence-corrected chi connectivity index (χ0v) is 8.95. The van der Waals surface area contributed by atoms with Gasteiger partial charge in [0.1, 0.15) is 0 Å². The molecule has 3 nitrogen and oxygen atoms in total. The molecule has 0 spiro atoms. The minimum Gasteiger partial charge on any atom is -0.313 e. The van der Waals surface area contributed by atoms with E-state index in [9.17, 15) is 0 Å². The highest BCUT2D eigenvalue weighted by molar-refractivity contribution is 5.59. The molecule has 0 saturated heterocycles. The lowest BCUT2D eigenvalue weighted by molar-refractivity contribution is 0.697. The molecule has 0 atom stereocenters. The number of hydrogen-bond donors (Lipinski definition) is 1. The first-order valence-electron chi connectivity index (χ1n) is 4.92. The van der Waals surface area contributed by atoms with E-state index >= 15 is 0 Å². The monoisotopic (exact) mass is 183 g/mol. The van der Waals surface area contributed by atoms with E-state index in [1.54, 1.807) is 0 Å². The molecule has 0 fully saturated rings. The molecule has 1 N–H and O–H groups in total. The summed E-state index contributed by atoms with van der Waals surface area (Å²) in [5.41, 5.74) is 0. The minimum atomic E-state index is 0.560. The number of nitrogens with one attached hydrogen (secondary N) is 1. The van der Waals surface area contributed by atoms with Crippen LogP contribution in [0.5, 0.6) is 0 Å². The predicted octanol–water partition coefficient (Wildman–Crippen LogP) is 1.39. The van der Waals surface area contributed by atoms with Crippen LogP contribution in [0, 0.1) is 5.92 Å². The highest BCUT2D eigenvalue weighted by Gasteiger charge is 1.85. The van der Waals surface area contributed by atoms with Crippen molar-refractivity contribution in [3.05, 3.63) is 0 Å². The Morgan fingerprint density at radius 1 is 1.15 bits per heavy atom. The molecule has 0 aromatic rings. The highest BCUT2D eigenvalue weighted by atomic mass is 14.9. The molecule has 0 saturated carbocycles. The second-order valence-electron chi connectivity index (χ2n) is 3.21. The van der Waals surface area contributed by atoms with Gasteiger partial charge in [-0.15, -0.1) is 0 Å². The van der Waals surface area contributed by atoms with E-state index in [-0.39, 0.29) is 0 Å². The molecule has 0 aliphatic heterocycles. The summed E-state index contributed by atoms with van der Waals surface area (Å²) in [6.45, 7) is 9.83. The first-order chi connectivity index (χ1) is 6.27. The van der Waals surface area contributed by atoms with Crippen LogP contribution < -0.4 is 5.32 Å². The molecule has 0 aliphatic rings. The Balaban J connectivity index is 3.08. The van der Waals surface area contributed by atoms with Crippen LogP contribution in [-0.2, 0) is 0 Å². The van der Waals surface area contributed by atoms with Crippen molar-refractivity contribution < 1.29 is 0 Å².